The second-order valence-electron chi connectivity index (χ2n) is 7.39. The van der Waals surface area contributed by atoms with Gasteiger partial charge in [-0.05, 0) is 29.2 Å². The van der Waals surface area contributed by atoms with Crippen molar-refractivity contribution < 1.29 is 20.1 Å². The second kappa shape index (κ2) is 5.44. The lowest BCUT2D eigenvalue weighted by Gasteiger charge is -2.26. The van der Waals surface area contributed by atoms with Crippen LogP contribution in [-0.4, -0.2) is 21.6 Å². The molecule has 4 nitrogen and oxygen atoms in total. The van der Waals surface area contributed by atoms with Crippen molar-refractivity contribution in [2.45, 2.75) is 52.9 Å². The fourth-order valence-electron chi connectivity index (χ4n) is 3.43. The van der Waals surface area contributed by atoms with Gasteiger partial charge in [-0.25, -0.2) is 0 Å². The van der Waals surface area contributed by atoms with Crippen molar-refractivity contribution >= 4 is 17.1 Å². The zero-order chi connectivity index (χ0) is 17.7. The highest BCUT2D eigenvalue weighted by Gasteiger charge is 2.28. The zero-order valence-corrected chi connectivity index (χ0v) is 14.5. The first-order valence-electron chi connectivity index (χ1n) is 7.72. The van der Waals surface area contributed by atoms with Crippen molar-refractivity contribution in [1.29, 1.82) is 0 Å². The van der Waals surface area contributed by atoms with E-state index in [1.165, 1.54) is 0 Å². The van der Waals surface area contributed by atoms with Crippen LogP contribution in [0.5, 0.6) is 17.2 Å². The summed E-state index contributed by atoms with van der Waals surface area (Å²) in [5, 5.41) is 32.3. The van der Waals surface area contributed by atoms with Crippen LogP contribution in [0.4, 0.5) is 0 Å². The van der Waals surface area contributed by atoms with Gasteiger partial charge in [-0.3, -0.25) is 4.79 Å². The Morgan fingerprint density at radius 2 is 1.61 bits per heavy atom. The number of aldehydes is 1. The number of carbonyl (C=O) groups is 1. The molecule has 0 unspecified atom stereocenters. The maximum Gasteiger partial charge on any atom is 0.169 e. The Balaban J connectivity index is 3.17. The Kier molecular flexibility index (Phi) is 4.05. The minimum Gasteiger partial charge on any atom is -0.507 e. The number of phenols is 3. The summed E-state index contributed by atoms with van der Waals surface area (Å²) in [5.41, 5.74) is 1.74. The van der Waals surface area contributed by atoms with Gasteiger partial charge >= 0.3 is 0 Å². The molecule has 0 saturated heterocycles. The van der Waals surface area contributed by atoms with E-state index in [4.69, 9.17) is 0 Å². The van der Waals surface area contributed by atoms with Gasteiger partial charge in [0.2, 0.25) is 0 Å². The van der Waals surface area contributed by atoms with Crippen molar-refractivity contribution in [3.05, 3.63) is 28.3 Å². The summed E-state index contributed by atoms with van der Waals surface area (Å²) in [6, 6.07) is 1.87. The van der Waals surface area contributed by atoms with Crippen LogP contribution in [0.3, 0.4) is 0 Å². The van der Waals surface area contributed by atoms with Crippen LogP contribution >= 0.6 is 0 Å². The molecule has 3 N–H and O–H groups in total. The predicted octanol–water partition coefficient (Wildman–Crippen LogP) is 4.50. The molecule has 0 aromatic heterocycles. The number of hydrogen-bond donors (Lipinski definition) is 3. The molecule has 0 aliphatic rings. The van der Waals surface area contributed by atoms with Crippen LogP contribution in [-0.2, 0) is 5.41 Å². The van der Waals surface area contributed by atoms with Crippen LogP contribution in [0.2, 0.25) is 0 Å². The fraction of sp³-hybridized carbons (Fsp3) is 0.421. The van der Waals surface area contributed by atoms with Crippen LogP contribution in [0, 0.1) is 6.92 Å². The monoisotopic (exact) mass is 316 g/mol. The largest absolute Gasteiger partial charge is 0.507 e. The number of carbonyl (C=O) groups excluding carboxylic acids is 1. The molecule has 0 radical (unpaired) electrons. The summed E-state index contributed by atoms with van der Waals surface area (Å²) < 4.78 is 0. The van der Waals surface area contributed by atoms with E-state index in [1.807, 2.05) is 47.6 Å². The second-order valence-corrected chi connectivity index (χ2v) is 7.39. The molecule has 0 heterocycles. The van der Waals surface area contributed by atoms with Gasteiger partial charge in [0, 0.05) is 16.5 Å². The quantitative estimate of drug-likeness (QED) is 0.563. The topological polar surface area (TPSA) is 77.8 Å². The molecular weight excluding hydrogens is 292 g/mol. The summed E-state index contributed by atoms with van der Waals surface area (Å²) in [5.74, 6) is -0.859. The number of fused-ring (bicyclic) bond motifs is 1. The standard InChI is InChI=1S/C19H24O4/c1-9(2)13-11-7-10(3)15(19(4,5)6)17(22)14(11)12(8-20)16(21)18(13)23/h7-9,21-23H,1-6H3. The molecule has 0 fully saturated rings. The molecule has 2 aromatic rings. The summed E-state index contributed by atoms with van der Waals surface area (Å²) in [6.45, 7) is 11.6. The molecular formula is C19H24O4. The van der Waals surface area contributed by atoms with Crippen molar-refractivity contribution in [3.8, 4) is 17.2 Å². The average Bonchev–Trinajstić information content (AvgIpc) is 2.39. The van der Waals surface area contributed by atoms with Crippen LogP contribution in [0.15, 0.2) is 6.07 Å². The Hall–Kier alpha value is -2.23. The van der Waals surface area contributed by atoms with Crippen LogP contribution in [0.25, 0.3) is 10.8 Å². The third-order valence-electron chi connectivity index (χ3n) is 4.24. The van der Waals surface area contributed by atoms with Crippen molar-refractivity contribution in [2.75, 3.05) is 0 Å². The molecule has 0 aliphatic heterocycles. The SMILES string of the molecule is Cc1cc2c(C(C)C)c(O)c(O)c(C=O)c2c(O)c1C(C)(C)C. The van der Waals surface area contributed by atoms with E-state index >= 15 is 0 Å². The first kappa shape index (κ1) is 17.1. The number of phenolic OH excluding ortho intramolecular Hbond substituents is 3. The number of aromatic hydroxyl groups is 3. The van der Waals surface area contributed by atoms with Gasteiger partial charge in [0.1, 0.15) is 5.75 Å². The minimum absolute atomic E-state index is 0.00759. The Bertz CT molecular complexity index is 796. The summed E-state index contributed by atoms with van der Waals surface area (Å²) >= 11 is 0. The maximum absolute atomic E-state index is 11.5. The maximum atomic E-state index is 11.5. The molecule has 0 spiro atoms. The van der Waals surface area contributed by atoms with Gasteiger partial charge in [0.25, 0.3) is 0 Å². The lowest BCUT2D eigenvalue weighted by molar-refractivity contribution is 0.112. The highest BCUT2D eigenvalue weighted by atomic mass is 16.3. The zero-order valence-electron chi connectivity index (χ0n) is 14.5. The highest BCUT2D eigenvalue weighted by Crippen LogP contribution is 2.48. The number of rotatable bonds is 2. The Labute approximate surface area is 136 Å². The molecule has 2 aromatic carbocycles. The van der Waals surface area contributed by atoms with Gasteiger partial charge < -0.3 is 15.3 Å². The molecule has 0 bridgehead atoms. The summed E-state index contributed by atoms with van der Waals surface area (Å²) in [7, 11) is 0. The van der Waals surface area contributed by atoms with E-state index in [0.717, 1.165) is 11.1 Å². The number of hydrogen-bond acceptors (Lipinski definition) is 4. The number of aryl methyl sites for hydroxylation is 1. The first-order chi connectivity index (χ1) is 10.5. The Morgan fingerprint density at radius 3 is 2.04 bits per heavy atom. The number of benzene rings is 2. The molecule has 4 heteroatoms. The lowest BCUT2D eigenvalue weighted by atomic mass is 9.79. The van der Waals surface area contributed by atoms with Crippen molar-refractivity contribution in [1.82, 2.24) is 0 Å². The van der Waals surface area contributed by atoms with Gasteiger partial charge in [0.05, 0.1) is 5.56 Å². The van der Waals surface area contributed by atoms with E-state index < -0.39 is 5.75 Å². The van der Waals surface area contributed by atoms with Crippen LogP contribution in [0.1, 0.15) is 67.6 Å². The first-order valence-corrected chi connectivity index (χ1v) is 7.72. The summed E-state index contributed by atoms with van der Waals surface area (Å²) in [6.07, 6.45) is 0.475. The summed E-state index contributed by atoms with van der Waals surface area (Å²) in [4.78, 5) is 11.5. The van der Waals surface area contributed by atoms with Gasteiger partial charge in [-0.2, -0.15) is 0 Å². The minimum atomic E-state index is -0.477. The molecule has 0 aliphatic carbocycles. The molecule has 0 amide bonds. The van der Waals surface area contributed by atoms with E-state index in [0.29, 0.717) is 22.6 Å². The molecule has 0 saturated carbocycles. The van der Waals surface area contributed by atoms with Crippen LogP contribution < -0.4 is 0 Å². The van der Waals surface area contributed by atoms with Gasteiger partial charge in [-0.15, -0.1) is 0 Å². The van der Waals surface area contributed by atoms with E-state index in [1.54, 1.807) is 0 Å². The molecule has 0 atom stereocenters. The van der Waals surface area contributed by atoms with E-state index in [9.17, 15) is 20.1 Å². The lowest BCUT2D eigenvalue weighted by Crippen LogP contribution is -2.14. The molecule has 124 valence electrons. The Morgan fingerprint density at radius 1 is 1.04 bits per heavy atom. The fourth-order valence-corrected chi connectivity index (χ4v) is 3.43. The van der Waals surface area contributed by atoms with Gasteiger partial charge in [0.15, 0.2) is 17.8 Å². The van der Waals surface area contributed by atoms with E-state index in [2.05, 4.69) is 0 Å². The molecule has 23 heavy (non-hydrogen) atoms. The van der Waals surface area contributed by atoms with E-state index in [-0.39, 0.29) is 28.4 Å². The highest BCUT2D eigenvalue weighted by molar-refractivity contribution is 6.08. The third-order valence-corrected chi connectivity index (χ3v) is 4.24. The van der Waals surface area contributed by atoms with Gasteiger partial charge in [-0.1, -0.05) is 40.7 Å². The smallest absolute Gasteiger partial charge is 0.169 e. The molecule has 2 rings (SSSR count). The predicted molar refractivity (Wildman–Crippen MR) is 91.9 cm³/mol. The average molecular weight is 316 g/mol. The van der Waals surface area contributed by atoms with Crippen molar-refractivity contribution in [3.63, 3.8) is 0 Å². The normalized spacial score (nSPS) is 12.1. The van der Waals surface area contributed by atoms with Crippen molar-refractivity contribution in [2.24, 2.45) is 0 Å². The third kappa shape index (κ3) is 2.52.